The van der Waals surface area contributed by atoms with Crippen molar-refractivity contribution in [2.45, 2.75) is 27.3 Å². The molecule has 2 N–H and O–H groups in total. The average molecular weight is 352 g/mol. The van der Waals surface area contributed by atoms with E-state index in [0.29, 0.717) is 5.92 Å². The number of nitrogens with one attached hydrogen (secondary N) is 2. The van der Waals surface area contributed by atoms with Crippen molar-refractivity contribution in [2.75, 3.05) is 52.9 Å². The number of piperazine rings is 1. The summed E-state index contributed by atoms with van der Waals surface area (Å²) in [6.07, 6.45) is 0. The van der Waals surface area contributed by atoms with Crippen LogP contribution in [0.3, 0.4) is 0 Å². The van der Waals surface area contributed by atoms with E-state index in [1.165, 1.54) is 36.6 Å². The Morgan fingerprint density at radius 1 is 1.29 bits per heavy atom. The van der Waals surface area contributed by atoms with Gasteiger partial charge in [0.1, 0.15) is 0 Å². The molecule has 1 aliphatic rings. The average Bonchev–Trinajstić information content (AvgIpc) is 2.97. The second-order valence-electron chi connectivity index (χ2n) is 6.81. The number of aliphatic imine (C=N–C) groups is 1. The largest absolute Gasteiger partial charge is 0.357 e. The molecule has 1 unspecified atom stereocenters. The summed E-state index contributed by atoms with van der Waals surface area (Å²) in [6.45, 7) is 15.1. The lowest BCUT2D eigenvalue weighted by Crippen LogP contribution is -2.47. The summed E-state index contributed by atoms with van der Waals surface area (Å²) < 4.78 is 0. The summed E-state index contributed by atoms with van der Waals surface area (Å²) >= 11 is 1.78. The van der Waals surface area contributed by atoms with Gasteiger partial charge in [0.2, 0.25) is 0 Å². The Balaban J connectivity index is 1.76. The van der Waals surface area contributed by atoms with E-state index in [1.807, 2.05) is 0 Å². The highest BCUT2D eigenvalue weighted by atomic mass is 32.1. The first-order chi connectivity index (χ1) is 11.6. The van der Waals surface area contributed by atoms with Crippen molar-refractivity contribution < 1.29 is 0 Å². The molecule has 0 saturated carbocycles. The van der Waals surface area contributed by atoms with Gasteiger partial charge in [0.25, 0.3) is 0 Å². The van der Waals surface area contributed by atoms with E-state index < -0.39 is 0 Å². The van der Waals surface area contributed by atoms with E-state index in [0.717, 1.165) is 32.1 Å². The van der Waals surface area contributed by atoms with Crippen molar-refractivity contribution in [1.82, 2.24) is 20.4 Å². The Kier molecular flexibility index (Phi) is 8.02. The molecular weight excluding hydrogens is 318 g/mol. The second-order valence-corrected chi connectivity index (χ2v) is 7.81. The third-order valence-corrected chi connectivity index (χ3v) is 5.48. The molecule has 0 aliphatic carbocycles. The summed E-state index contributed by atoms with van der Waals surface area (Å²) in [5.74, 6) is 1.54. The lowest BCUT2D eigenvalue weighted by molar-refractivity contribution is 0.139. The molecule has 1 fully saturated rings. The third kappa shape index (κ3) is 6.42. The molecule has 0 amide bonds. The van der Waals surface area contributed by atoms with Crippen LogP contribution in [0.15, 0.2) is 16.4 Å². The van der Waals surface area contributed by atoms with Gasteiger partial charge in [0.15, 0.2) is 5.96 Å². The van der Waals surface area contributed by atoms with Crippen LogP contribution in [0.4, 0.5) is 0 Å². The van der Waals surface area contributed by atoms with Crippen molar-refractivity contribution in [1.29, 1.82) is 0 Å². The molecule has 1 saturated heterocycles. The van der Waals surface area contributed by atoms with Crippen LogP contribution in [0, 0.1) is 12.8 Å². The molecule has 6 heteroatoms. The van der Waals surface area contributed by atoms with E-state index in [9.17, 15) is 0 Å². The standard InChI is InChI=1S/C18H33N5S/c1-5-19-18(21-13-17-16(3)6-11-24-17)20-12-15(2)14-23-9-7-22(4)8-10-23/h6,11,15H,5,7-10,12-14H2,1-4H3,(H2,19,20,21). The fourth-order valence-corrected chi connectivity index (χ4v) is 3.69. The van der Waals surface area contributed by atoms with Gasteiger partial charge in [0, 0.05) is 50.7 Å². The van der Waals surface area contributed by atoms with Gasteiger partial charge in [-0.3, -0.25) is 0 Å². The molecule has 2 heterocycles. The third-order valence-electron chi connectivity index (χ3n) is 4.48. The molecule has 0 radical (unpaired) electrons. The summed E-state index contributed by atoms with van der Waals surface area (Å²) in [6, 6.07) is 2.16. The molecule has 0 bridgehead atoms. The molecule has 0 spiro atoms. The van der Waals surface area contributed by atoms with Crippen LogP contribution < -0.4 is 10.6 Å². The van der Waals surface area contributed by atoms with Crippen LogP contribution in [0.2, 0.25) is 0 Å². The van der Waals surface area contributed by atoms with Crippen molar-refractivity contribution in [3.63, 3.8) is 0 Å². The van der Waals surface area contributed by atoms with E-state index in [2.05, 4.69) is 59.7 Å². The molecule has 24 heavy (non-hydrogen) atoms. The highest BCUT2D eigenvalue weighted by Gasteiger charge is 2.16. The van der Waals surface area contributed by atoms with Gasteiger partial charge < -0.3 is 20.4 Å². The molecule has 1 atom stereocenters. The minimum atomic E-state index is 0.612. The second kappa shape index (κ2) is 10.0. The van der Waals surface area contributed by atoms with Gasteiger partial charge in [-0.1, -0.05) is 6.92 Å². The predicted molar refractivity (Wildman–Crippen MR) is 105 cm³/mol. The van der Waals surface area contributed by atoms with E-state index in [-0.39, 0.29) is 0 Å². The first-order valence-electron chi connectivity index (χ1n) is 9.04. The number of guanidine groups is 1. The number of nitrogens with zero attached hydrogens (tertiary/aromatic N) is 3. The lowest BCUT2D eigenvalue weighted by Gasteiger charge is -2.34. The molecule has 5 nitrogen and oxygen atoms in total. The summed E-state index contributed by atoms with van der Waals surface area (Å²) in [5.41, 5.74) is 1.34. The van der Waals surface area contributed by atoms with Gasteiger partial charge in [-0.05, 0) is 43.8 Å². The van der Waals surface area contributed by atoms with Gasteiger partial charge in [-0.15, -0.1) is 11.3 Å². The van der Waals surface area contributed by atoms with Crippen molar-refractivity contribution in [3.8, 4) is 0 Å². The van der Waals surface area contributed by atoms with Crippen molar-refractivity contribution >= 4 is 17.3 Å². The van der Waals surface area contributed by atoms with Gasteiger partial charge in [-0.25, -0.2) is 4.99 Å². The van der Waals surface area contributed by atoms with Crippen LogP contribution in [0.5, 0.6) is 0 Å². The Morgan fingerprint density at radius 3 is 2.67 bits per heavy atom. The molecular formula is C18H33N5S. The van der Waals surface area contributed by atoms with E-state index in [1.54, 1.807) is 11.3 Å². The number of hydrogen-bond donors (Lipinski definition) is 2. The predicted octanol–water partition coefficient (Wildman–Crippen LogP) is 2.00. The Hall–Kier alpha value is -1.11. The van der Waals surface area contributed by atoms with Crippen LogP contribution in [0.1, 0.15) is 24.3 Å². The van der Waals surface area contributed by atoms with Gasteiger partial charge in [0.05, 0.1) is 6.54 Å². The Labute approximate surface area is 151 Å². The summed E-state index contributed by atoms with van der Waals surface area (Å²) in [5, 5.41) is 9.00. The highest BCUT2D eigenvalue weighted by Crippen LogP contribution is 2.16. The smallest absolute Gasteiger partial charge is 0.191 e. The highest BCUT2D eigenvalue weighted by molar-refractivity contribution is 7.10. The molecule has 1 aromatic heterocycles. The Bertz CT molecular complexity index is 505. The van der Waals surface area contributed by atoms with Crippen molar-refractivity contribution in [2.24, 2.45) is 10.9 Å². The quantitative estimate of drug-likeness (QED) is 0.582. The number of thiophene rings is 1. The Morgan fingerprint density at radius 2 is 2.04 bits per heavy atom. The number of likely N-dealkylation sites (N-methyl/N-ethyl adjacent to an activating group) is 1. The maximum atomic E-state index is 4.73. The molecule has 1 aliphatic heterocycles. The maximum absolute atomic E-state index is 4.73. The molecule has 2 rings (SSSR count). The van der Waals surface area contributed by atoms with Gasteiger partial charge >= 0.3 is 0 Å². The number of aryl methyl sites for hydroxylation is 1. The minimum absolute atomic E-state index is 0.612. The summed E-state index contributed by atoms with van der Waals surface area (Å²) in [7, 11) is 2.21. The maximum Gasteiger partial charge on any atom is 0.191 e. The SMILES string of the molecule is CCNC(=NCc1sccc1C)NCC(C)CN1CCN(C)CC1. The normalized spacial score (nSPS) is 18.6. The minimum Gasteiger partial charge on any atom is -0.357 e. The van der Waals surface area contributed by atoms with Crippen molar-refractivity contribution in [3.05, 3.63) is 21.9 Å². The monoisotopic (exact) mass is 351 g/mol. The zero-order valence-electron chi connectivity index (χ0n) is 15.6. The van der Waals surface area contributed by atoms with E-state index in [4.69, 9.17) is 4.99 Å². The zero-order valence-corrected chi connectivity index (χ0v) is 16.5. The molecule has 0 aromatic carbocycles. The van der Waals surface area contributed by atoms with E-state index >= 15 is 0 Å². The van der Waals surface area contributed by atoms with Crippen LogP contribution in [-0.4, -0.2) is 68.6 Å². The number of hydrogen-bond acceptors (Lipinski definition) is 4. The summed E-state index contributed by atoms with van der Waals surface area (Å²) in [4.78, 5) is 11.1. The first-order valence-corrected chi connectivity index (χ1v) is 9.92. The zero-order chi connectivity index (χ0) is 17.4. The first kappa shape index (κ1) is 19.2. The topological polar surface area (TPSA) is 42.9 Å². The fraction of sp³-hybridized carbons (Fsp3) is 0.722. The lowest BCUT2D eigenvalue weighted by atomic mass is 10.1. The van der Waals surface area contributed by atoms with Crippen LogP contribution >= 0.6 is 11.3 Å². The number of rotatable bonds is 7. The molecule has 1 aromatic rings. The molecule has 136 valence electrons. The van der Waals surface area contributed by atoms with Crippen LogP contribution in [0.25, 0.3) is 0 Å². The van der Waals surface area contributed by atoms with Gasteiger partial charge in [-0.2, -0.15) is 0 Å². The fourth-order valence-electron chi connectivity index (χ4n) is 2.87. The van der Waals surface area contributed by atoms with Crippen LogP contribution in [-0.2, 0) is 6.54 Å².